The summed E-state index contributed by atoms with van der Waals surface area (Å²) in [6.07, 6.45) is 3.60. The van der Waals surface area contributed by atoms with Crippen molar-refractivity contribution >= 4 is 0 Å². The molecule has 1 fully saturated rings. The Morgan fingerprint density at radius 1 is 1.31 bits per heavy atom. The van der Waals surface area contributed by atoms with Crippen molar-refractivity contribution in [3.63, 3.8) is 0 Å². The molecule has 16 heavy (non-hydrogen) atoms. The minimum absolute atomic E-state index is 0.366. The average molecular weight is 219 g/mol. The largest absolute Gasteiger partial charge is 0.453 e. The molecule has 0 amide bonds. The molecule has 2 aliphatic rings. The fourth-order valence-electron chi connectivity index (χ4n) is 2.54. The molecule has 1 atom stereocenters. The van der Waals surface area contributed by atoms with Gasteiger partial charge in [0, 0.05) is 6.04 Å². The minimum Gasteiger partial charge on any atom is -0.453 e. The maximum Gasteiger partial charge on any atom is 0.231 e. The van der Waals surface area contributed by atoms with Crippen LogP contribution in [0.25, 0.3) is 0 Å². The third-order valence-corrected chi connectivity index (χ3v) is 3.43. The molecule has 0 aliphatic carbocycles. The third-order valence-electron chi connectivity index (χ3n) is 3.43. The Morgan fingerprint density at radius 2 is 2.19 bits per heavy atom. The predicted molar refractivity (Wildman–Crippen MR) is 62.0 cm³/mol. The maximum atomic E-state index is 5.57. The van der Waals surface area contributed by atoms with Crippen LogP contribution in [0.4, 0.5) is 0 Å². The molecule has 0 spiro atoms. The summed E-state index contributed by atoms with van der Waals surface area (Å²) in [7, 11) is 0. The van der Waals surface area contributed by atoms with Gasteiger partial charge in [0.1, 0.15) is 0 Å². The quantitative estimate of drug-likeness (QED) is 0.825. The summed E-state index contributed by atoms with van der Waals surface area (Å²) in [6, 6.07) is 4.90. The van der Waals surface area contributed by atoms with Gasteiger partial charge in [-0.3, -0.25) is 0 Å². The van der Waals surface area contributed by atoms with Crippen LogP contribution in [0.3, 0.4) is 0 Å². The molecule has 2 heterocycles. The normalized spacial score (nSPS) is 22.7. The van der Waals surface area contributed by atoms with E-state index in [1.165, 1.54) is 18.4 Å². The van der Waals surface area contributed by atoms with E-state index in [9.17, 15) is 0 Å². The van der Waals surface area contributed by atoms with Crippen molar-refractivity contribution < 1.29 is 9.47 Å². The highest BCUT2D eigenvalue weighted by molar-refractivity contribution is 5.53. The summed E-state index contributed by atoms with van der Waals surface area (Å²) < 4.78 is 11.1. The van der Waals surface area contributed by atoms with Gasteiger partial charge >= 0.3 is 0 Å². The summed E-state index contributed by atoms with van der Waals surface area (Å²) in [4.78, 5) is 0. The number of hydrogen-bond donors (Lipinski definition) is 1. The first-order valence-corrected chi connectivity index (χ1v) is 5.96. The molecule has 3 heteroatoms. The van der Waals surface area contributed by atoms with Crippen molar-refractivity contribution in [1.82, 2.24) is 5.32 Å². The van der Waals surface area contributed by atoms with Gasteiger partial charge in [0.15, 0.2) is 11.5 Å². The Kier molecular flexibility index (Phi) is 2.48. The lowest BCUT2D eigenvalue weighted by molar-refractivity contribution is 0.172. The zero-order chi connectivity index (χ0) is 11.0. The van der Waals surface area contributed by atoms with Crippen LogP contribution >= 0.6 is 0 Å². The first-order chi connectivity index (χ1) is 7.84. The Balaban J connectivity index is 1.87. The molecule has 1 saturated heterocycles. The van der Waals surface area contributed by atoms with E-state index in [0.29, 0.717) is 12.8 Å². The molecular formula is C13H17NO2. The second-order valence-electron chi connectivity index (χ2n) is 4.60. The van der Waals surface area contributed by atoms with E-state index in [1.807, 2.05) is 0 Å². The van der Waals surface area contributed by atoms with Crippen molar-refractivity contribution in [1.29, 1.82) is 0 Å². The van der Waals surface area contributed by atoms with E-state index in [-0.39, 0.29) is 0 Å². The number of rotatable bonds is 2. The zero-order valence-electron chi connectivity index (χ0n) is 9.58. The standard InChI is InChI=1S/C13H17NO2/c1-9-4-5-10(7-11-3-2-6-14-11)13-12(9)15-8-16-13/h4-5,11,14H,2-3,6-8H2,1H3. The van der Waals surface area contributed by atoms with E-state index in [1.54, 1.807) is 0 Å². The molecule has 0 saturated carbocycles. The Bertz CT molecular complexity index is 397. The topological polar surface area (TPSA) is 30.5 Å². The smallest absolute Gasteiger partial charge is 0.231 e. The number of benzene rings is 1. The highest BCUT2D eigenvalue weighted by atomic mass is 16.7. The average Bonchev–Trinajstić information content (AvgIpc) is 2.92. The highest BCUT2D eigenvalue weighted by Crippen LogP contribution is 2.39. The van der Waals surface area contributed by atoms with Crippen LogP contribution in [-0.2, 0) is 6.42 Å². The first-order valence-electron chi connectivity index (χ1n) is 5.96. The SMILES string of the molecule is Cc1ccc(CC2CCCN2)c2c1OCO2. The molecule has 86 valence electrons. The second kappa shape index (κ2) is 3.98. The number of fused-ring (bicyclic) bond motifs is 1. The second-order valence-corrected chi connectivity index (χ2v) is 4.60. The number of nitrogens with one attached hydrogen (secondary N) is 1. The lowest BCUT2D eigenvalue weighted by Crippen LogP contribution is -2.23. The van der Waals surface area contributed by atoms with Gasteiger partial charge in [-0.1, -0.05) is 12.1 Å². The van der Waals surface area contributed by atoms with Crippen LogP contribution in [0.1, 0.15) is 24.0 Å². The fourth-order valence-corrected chi connectivity index (χ4v) is 2.54. The van der Waals surface area contributed by atoms with Crippen molar-refractivity contribution in [2.24, 2.45) is 0 Å². The van der Waals surface area contributed by atoms with Crippen molar-refractivity contribution in [2.45, 2.75) is 32.2 Å². The molecule has 2 aliphatic heterocycles. The summed E-state index contributed by atoms with van der Waals surface area (Å²) in [5.41, 5.74) is 2.44. The zero-order valence-corrected chi connectivity index (χ0v) is 9.58. The molecule has 0 aromatic heterocycles. The lowest BCUT2D eigenvalue weighted by atomic mass is 10.0. The number of hydrogen-bond acceptors (Lipinski definition) is 3. The predicted octanol–water partition coefficient (Wildman–Crippen LogP) is 2.02. The van der Waals surface area contributed by atoms with Gasteiger partial charge in [-0.2, -0.15) is 0 Å². The van der Waals surface area contributed by atoms with E-state index in [2.05, 4.69) is 24.4 Å². The van der Waals surface area contributed by atoms with E-state index >= 15 is 0 Å². The van der Waals surface area contributed by atoms with E-state index in [4.69, 9.17) is 9.47 Å². The number of ether oxygens (including phenoxy) is 2. The van der Waals surface area contributed by atoms with Gasteiger partial charge in [0.25, 0.3) is 0 Å². The monoisotopic (exact) mass is 219 g/mol. The molecule has 3 rings (SSSR count). The van der Waals surface area contributed by atoms with Crippen LogP contribution in [-0.4, -0.2) is 19.4 Å². The maximum absolute atomic E-state index is 5.57. The van der Waals surface area contributed by atoms with Gasteiger partial charge in [0.2, 0.25) is 6.79 Å². The molecule has 0 bridgehead atoms. The van der Waals surface area contributed by atoms with E-state index in [0.717, 1.165) is 30.0 Å². The molecule has 1 N–H and O–H groups in total. The molecule has 3 nitrogen and oxygen atoms in total. The summed E-state index contributed by atoms with van der Waals surface area (Å²) in [5.74, 6) is 1.91. The van der Waals surface area contributed by atoms with E-state index < -0.39 is 0 Å². The lowest BCUT2D eigenvalue weighted by Gasteiger charge is -2.12. The van der Waals surface area contributed by atoms with Crippen molar-refractivity contribution in [3.05, 3.63) is 23.3 Å². The molecule has 1 aromatic carbocycles. The Hall–Kier alpha value is -1.22. The first kappa shape index (κ1) is 9.97. The van der Waals surface area contributed by atoms with Crippen LogP contribution in [0.2, 0.25) is 0 Å². The Morgan fingerprint density at radius 3 is 3.00 bits per heavy atom. The fraction of sp³-hybridized carbons (Fsp3) is 0.538. The van der Waals surface area contributed by atoms with Gasteiger partial charge in [-0.15, -0.1) is 0 Å². The van der Waals surface area contributed by atoms with Crippen molar-refractivity contribution in [2.75, 3.05) is 13.3 Å². The molecule has 1 unspecified atom stereocenters. The number of aryl methyl sites for hydroxylation is 1. The molecular weight excluding hydrogens is 202 g/mol. The van der Waals surface area contributed by atoms with Gasteiger partial charge in [-0.25, -0.2) is 0 Å². The summed E-state index contributed by atoms with van der Waals surface area (Å²) in [6.45, 7) is 3.58. The Labute approximate surface area is 95.8 Å². The van der Waals surface area contributed by atoms with Crippen LogP contribution in [0.5, 0.6) is 11.5 Å². The van der Waals surface area contributed by atoms with Gasteiger partial charge in [-0.05, 0) is 43.9 Å². The minimum atomic E-state index is 0.366. The highest BCUT2D eigenvalue weighted by Gasteiger charge is 2.23. The summed E-state index contributed by atoms with van der Waals surface area (Å²) >= 11 is 0. The van der Waals surface area contributed by atoms with Crippen LogP contribution in [0.15, 0.2) is 12.1 Å². The third kappa shape index (κ3) is 1.65. The summed E-state index contributed by atoms with van der Waals surface area (Å²) in [5, 5.41) is 3.51. The van der Waals surface area contributed by atoms with Gasteiger partial charge in [0.05, 0.1) is 0 Å². The van der Waals surface area contributed by atoms with Crippen LogP contribution in [0, 0.1) is 6.92 Å². The molecule has 1 aromatic rings. The van der Waals surface area contributed by atoms with Crippen molar-refractivity contribution in [3.8, 4) is 11.5 Å². The molecule has 0 radical (unpaired) electrons. The van der Waals surface area contributed by atoms with Gasteiger partial charge < -0.3 is 14.8 Å². The van der Waals surface area contributed by atoms with Crippen LogP contribution < -0.4 is 14.8 Å².